The quantitative estimate of drug-likeness (QED) is 0.0200. The van der Waals surface area contributed by atoms with Gasteiger partial charge in [-0.05, 0) is 32.1 Å². The highest BCUT2D eigenvalue weighted by Gasteiger charge is 2.20. The van der Waals surface area contributed by atoms with Gasteiger partial charge in [-0.1, -0.05) is 187 Å². The van der Waals surface area contributed by atoms with Gasteiger partial charge in [-0.25, -0.2) is 0 Å². The molecule has 0 spiro atoms. The number of nitrogens with zero attached hydrogens (tertiary/aromatic N) is 1. The van der Waals surface area contributed by atoms with Crippen LogP contribution in [0.25, 0.3) is 0 Å². The molecule has 0 aromatic heterocycles. The fourth-order valence-electron chi connectivity index (χ4n) is 6.47. The topological polar surface area (TPSA) is 94.1 Å². The second-order valence-electron chi connectivity index (χ2n) is 16.8. The summed E-state index contributed by atoms with van der Waals surface area (Å²) < 4.78 is 34.6. The fourth-order valence-corrected chi connectivity index (χ4v) is 7.20. The number of hydrogen-bond acceptors (Lipinski definition) is 7. The first-order chi connectivity index (χ1) is 26.1. The highest BCUT2D eigenvalue weighted by Crippen LogP contribution is 2.38. The van der Waals surface area contributed by atoms with Crippen LogP contribution in [-0.4, -0.2) is 70.7 Å². The Morgan fingerprint density at radius 1 is 0.556 bits per heavy atom. The maximum absolute atomic E-state index is 12.6. The minimum Gasteiger partial charge on any atom is -0.756 e. The van der Waals surface area contributed by atoms with Crippen LogP contribution >= 0.6 is 7.82 Å². The molecule has 0 aromatic carbocycles. The first-order valence-electron chi connectivity index (χ1n) is 22.9. The van der Waals surface area contributed by atoms with E-state index in [0.717, 1.165) is 44.9 Å². The number of likely N-dealkylation sites (N-methyl/N-ethyl adjacent to an activating group) is 1. The predicted molar refractivity (Wildman–Crippen MR) is 227 cm³/mol. The van der Waals surface area contributed by atoms with E-state index in [1.807, 2.05) is 21.1 Å². The highest BCUT2D eigenvalue weighted by atomic mass is 31.2. The molecule has 2 unspecified atom stereocenters. The Bertz CT molecular complexity index is 879. The summed E-state index contributed by atoms with van der Waals surface area (Å²) in [5.41, 5.74) is 0. The van der Waals surface area contributed by atoms with Gasteiger partial charge in [0.1, 0.15) is 19.3 Å². The van der Waals surface area contributed by atoms with E-state index in [-0.39, 0.29) is 25.8 Å². The molecule has 0 rings (SSSR count). The zero-order valence-corrected chi connectivity index (χ0v) is 37.3. The average molecular weight is 788 g/mol. The van der Waals surface area contributed by atoms with Gasteiger partial charge in [0.15, 0.2) is 0 Å². The number of allylic oxidation sites excluding steroid dienone is 2. The number of quaternary nitrogens is 1. The SMILES string of the molecule is CCCC/C=C\CCCCCCCC(=O)OC(COCCCCCCCCCCCCCCCCCCCCCCC)COP(=O)([O-])OCC[N+](C)(C)C. The van der Waals surface area contributed by atoms with Crippen molar-refractivity contribution in [2.45, 2.75) is 219 Å². The summed E-state index contributed by atoms with van der Waals surface area (Å²) in [5.74, 6) is -0.341. The van der Waals surface area contributed by atoms with Gasteiger partial charge in [-0.2, -0.15) is 0 Å². The molecule has 8 nitrogen and oxygen atoms in total. The van der Waals surface area contributed by atoms with Crippen LogP contribution in [0.3, 0.4) is 0 Å². The lowest BCUT2D eigenvalue weighted by Crippen LogP contribution is -2.37. The number of phosphoric ester groups is 1. The molecule has 2 atom stereocenters. The number of hydrogen-bond donors (Lipinski definition) is 0. The molecule has 0 N–H and O–H groups in total. The van der Waals surface area contributed by atoms with Crippen molar-refractivity contribution in [2.75, 3.05) is 54.1 Å². The molecule has 0 radical (unpaired) electrons. The summed E-state index contributed by atoms with van der Waals surface area (Å²) in [4.78, 5) is 25.0. The molecular weight excluding hydrogens is 697 g/mol. The maximum atomic E-state index is 12.6. The zero-order chi connectivity index (χ0) is 39.9. The van der Waals surface area contributed by atoms with Crippen LogP contribution in [0.5, 0.6) is 0 Å². The van der Waals surface area contributed by atoms with Crippen LogP contribution in [0.2, 0.25) is 0 Å². The molecule has 0 aliphatic heterocycles. The number of phosphoric acid groups is 1. The lowest BCUT2D eigenvalue weighted by atomic mass is 10.0. The van der Waals surface area contributed by atoms with Crippen LogP contribution in [0, 0.1) is 0 Å². The second kappa shape index (κ2) is 39.1. The van der Waals surface area contributed by atoms with Crippen LogP contribution < -0.4 is 4.89 Å². The smallest absolute Gasteiger partial charge is 0.306 e. The third-order valence-corrected chi connectivity index (χ3v) is 11.0. The minimum atomic E-state index is -4.52. The molecule has 0 aromatic rings. The van der Waals surface area contributed by atoms with E-state index in [1.54, 1.807) is 0 Å². The van der Waals surface area contributed by atoms with E-state index in [0.29, 0.717) is 24.1 Å². The van der Waals surface area contributed by atoms with Crippen molar-refractivity contribution >= 4 is 13.8 Å². The van der Waals surface area contributed by atoms with Gasteiger partial charge in [0.25, 0.3) is 7.82 Å². The lowest BCUT2D eigenvalue weighted by molar-refractivity contribution is -0.870. The largest absolute Gasteiger partial charge is 0.756 e. The number of esters is 1. The summed E-state index contributed by atoms with van der Waals surface area (Å²) in [6, 6.07) is 0. The van der Waals surface area contributed by atoms with Gasteiger partial charge < -0.3 is 27.9 Å². The normalized spacial score (nSPS) is 13.8. The Hall–Kier alpha value is -0.760. The van der Waals surface area contributed by atoms with Crippen molar-refractivity contribution < 1.29 is 37.3 Å². The van der Waals surface area contributed by atoms with Crippen LogP contribution in [-0.2, 0) is 27.9 Å². The van der Waals surface area contributed by atoms with Crippen molar-refractivity contribution in [1.29, 1.82) is 0 Å². The third-order valence-electron chi connectivity index (χ3n) is 10.1. The standard InChI is InChI=1S/C45H90NO7P/c1-6-8-10-12-14-16-18-19-20-21-22-23-24-25-26-27-29-31-33-35-37-40-50-42-44(43-52-54(48,49)51-41-39-46(3,4)5)53-45(47)38-36-34-32-30-28-17-15-13-11-9-7-2/h13,15,44H,6-12,14,16-43H2,1-5H3/b15-13-. The van der Waals surface area contributed by atoms with Crippen LogP contribution in [0.15, 0.2) is 12.2 Å². The van der Waals surface area contributed by atoms with E-state index >= 15 is 0 Å². The number of ether oxygens (including phenoxy) is 2. The molecule has 0 fully saturated rings. The monoisotopic (exact) mass is 788 g/mol. The molecule has 0 amide bonds. The van der Waals surface area contributed by atoms with Crippen molar-refractivity contribution in [2.24, 2.45) is 0 Å². The molecule has 0 bridgehead atoms. The molecule has 322 valence electrons. The summed E-state index contributed by atoms with van der Waals surface area (Å²) in [7, 11) is 1.36. The first-order valence-corrected chi connectivity index (χ1v) is 24.4. The average Bonchev–Trinajstić information content (AvgIpc) is 3.12. The van der Waals surface area contributed by atoms with E-state index in [4.69, 9.17) is 18.5 Å². The molecular formula is C45H90NO7P. The first kappa shape index (κ1) is 53.2. The minimum absolute atomic E-state index is 0.0276. The van der Waals surface area contributed by atoms with E-state index in [9.17, 15) is 14.3 Å². The zero-order valence-electron chi connectivity index (χ0n) is 36.4. The molecule has 0 aliphatic carbocycles. The van der Waals surface area contributed by atoms with E-state index in [2.05, 4.69) is 26.0 Å². The van der Waals surface area contributed by atoms with Crippen LogP contribution in [0.4, 0.5) is 0 Å². The van der Waals surface area contributed by atoms with Gasteiger partial charge in [0, 0.05) is 13.0 Å². The van der Waals surface area contributed by atoms with Crippen LogP contribution in [0.1, 0.15) is 213 Å². The Morgan fingerprint density at radius 3 is 1.46 bits per heavy atom. The molecule has 54 heavy (non-hydrogen) atoms. The van der Waals surface area contributed by atoms with Gasteiger partial charge in [0.2, 0.25) is 0 Å². The third kappa shape index (κ3) is 42.4. The molecule has 0 heterocycles. The Morgan fingerprint density at radius 2 is 0.981 bits per heavy atom. The van der Waals surface area contributed by atoms with Gasteiger partial charge >= 0.3 is 5.97 Å². The highest BCUT2D eigenvalue weighted by molar-refractivity contribution is 7.45. The number of unbranched alkanes of at least 4 members (excludes halogenated alkanes) is 27. The van der Waals surface area contributed by atoms with Gasteiger partial charge in [0.05, 0.1) is 34.4 Å². The summed E-state index contributed by atoms with van der Waals surface area (Å²) in [5, 5.41) is 0. The molecule has 0 aliphatic rings. The number of rotatable bonds is 43. The van der Waals surface area contributed by atoms with E-state index in [1.165, 1.54) is 148 Å². The van der Waals surface area contributed by atoms with Crippen molar-refractivity contribution in [1.82, 2.24) is 0 Å². The Balaban J connectivity index is 4.08. The summed E-state index contributed by atoms with van der Waals surface area (Å²) >= 11 is 0. The maximum Gasteiger partial charge on any atom is 0.306 e. The van der Waals surface area contributed by atoms with Crippen molar-refractivity contribution in [3.63, 3.8) is 0 Å². The summed E-state index contributed by atoms with van der Waals surface area (Å²) in [6.45, 7) is 5.40. The summed E-state index contributed by atoms with van der Waals surface area (Å²) in [6.07, 6.45) is 42.3. The fraction of sp³-hybridized carbons (Fsp3) is 0.933. The molecule has 9 heteroatoms. The van der Waals surface area contributed by atoms with E-state index < -0.39 is 13.9 Å². The Labute approximate surface area is 335 Å². The number of carbonyl (C=O) groups is 1. The van der Waals surface area contributed by atoms with Crippen molar-refractivity contribution in [3.05, 3.63) is 12.2 Å². The molecule has 0 saturated heterocycles. The van der Waals surface area contributed by atoms with Gasteiger partial charge in [-0.3, -0.25) is 9.36 Å². The number of carbonyl (C=O) groups excluding carboxylic acids is 1. The van der Waals surface area contributed by atoms with Crippen molar-refractivity contribution in [3.8, 4) is 0 Å². The predicted octanol–water partition coefficient (Wildman–Crippen LogP) is 12.8. The lowest BCUT2D eigenvalue weighted by Gasteiger charge is -2.28. The molecule has 0 saturated carbocycles. The Kier molecular flexibility index (Phi) is 38.5. The van der Waals surface area contributed by atoms with Gasteiger partial charge in [-0.15, -0.1) is 0 Å². The second-order valence-corrected chi connectivity index (χ2v) is 18.2.